The maximum atomic E-state index is 9.89. The van der Waals surface area contributed by atoms with Crippen molar-refractivity contribution < 1.29 is 5.11 Å². The summed E-state index contributed by atoms with van der Waals surface area (Å²) in [4.78, 5) is 16.5. The monoisotopic (exact) mass is 331 g/mol. The van der Waals surface area contributed by atoms with Crippen LogP contribution in [0, 0.1) is 0 Å². The predicted octanol–water partition coefficient (Wildman–Crippen LogP) is 1.11. The molecule has 3 saturated heterocycles. The smallest absolute Gasteiger partial charge is 0.225 e. The molecule has 0 amide bonds. The van der Waals surface area contributed by atoms with Gasteiger partial charge in [0.1, 0.15) is 0 Å². The lowest BCUT2D eigenvalue weighted by molar-refractivity contribution is 0.0527. The highest BCUT2D eigenvalue weighted by molar-refractivity contribution is 5.30. The first-order chi connectivity index (χ1) is 11.7. The molecule has 6 heteroatoms. The molecular weight excluding hydrogens is 302 g/mol. The highest BCUT2D eigenvalue weighted by Gasteiger charge is 2.38. The number of aliphatic hydroxyl groups is 1. The van der Waals surface area contributed by atoms with Crippen molar-refractivity contribution in [1.29, 1.82) is 0 Å². The number of hydrogen-bond donors (Lipinski definition) is 1. The summed E-state index contributed by atoms with van der Waals surface area (Å²) in [6.45, 7) is 8.29. The first kappa shape index (κ1) is 16.2. The summed E-state index contributed by atoms with van der Waals surface area (Å²) in [5.41, 5.74) is 1.19. The van der Waals surface area contributed by atoms with E-state index in [9.17, 15) is 5.11 Å². The van der Waals surface area contributed by atoms with Gasteiger partial charge < -0.3 is 10.0 Å². The van der Waals surface area contributed by atoms with Gasteiger partial charge in [-0.05, 0) is 32.6 Å². The van der Waals surface area contributed by atoms with Gasteiger partial charge in [0, 0.05) is 69.3 Å². The lowest BCUT2D eigenvalue weighted by atomic mass is 10.1. The van der Waals surface area contributed by atoms with Crippen LogP contribution in [0.2, 0.25) is 0 Å². The average Bonchev–Trinajstić information content (AvgIpc) is 2.95. The van der Waals surface area contributed by atoms with Crippen LogP contribution in [0.1, 0.15) is 38.2 Å². The number of rotatable bonds is 3. The maximum absolute atomic E-state index is 9.89. The van der Waals surface area contributed by atoms with Crippen molar-refractivity contribution in [2.45, 2.75) is 57.3 Å². The minimum atomic E-state index is -0.144. The van der Waals surface area contributed by atoms with E-state index in [1.807, 2.05) is 12.4 Å². The second kappa shape index (κ2) is 6.94. The number of piperazine rings is 1. The standard InChI is InChI=1S/C18H29N5O/c1-14-10-23-13-17(24)7-16(23)12-22(14)11-15-8-19-18(20-9-15)21-5-3-2-4-6-21/h8-9,14,16-17,24H,2-7,10-13H2,1H3/t14-,16+,17+/m0/s1. The predicted molar refractivity (Wildman–Crippen MR) is 94.0 cm³/mol. The normalized spacial score (nSPS) is 32.1. The molecule has 24 heavy (non-hydrogen) atoms. The van der Waals surface area contributed by atoms with Crippen LogP contribution in [0.5, 0.6) is 0 Å². The number of fused-ring (bicyclic) bond motifs is 1. The summed E-state index contributed by atoms with van der Waals surface area (Å²) in [6.07, 6.45) is 8.59. The van der Waals surface area contributed by atoms with Crippen molar-refractivity contribution in [3.05, 3.63) is 18.0 Å². The fourth-order valence-electron chi connectivity index (χ4n) is 4.42. The molecule has 4 rings (SSSR count). The molecule has 0 unspecified atom stereocenters. The maximum Gasteiger partial charge on any atom is 0.225 e. The van der Waals surface area contributed by atoms with Crippen molar-refractivity contribution >= 4 is 5.95 Å². The van der Waals surface area contributed by atoms with Crippen LogP contribution >= 0.6 is 0 Å². The number of nitrogens with zero attached hydrogens (tertiary/aromatic N) is 5. The molecular formula is C18H29N5O. The number of aliphatic hydroxyl groups excluding tert-OH is 1. The second-order valence-corrected chi connectivity index (χ2v) is 7.71. The molecule has 0 saturated carbocycles. The van der Waals surface area contributed by atoms with Crippen molar-refractivity contribution in [2.75, 3.05) is 37.6 Å². The number of aromatic nitrogens is 2. The van der Waals surface area contributed by atoms with Gasteiger partial charge in [-0.3, -0.25) is 9.80 Å². The zero-order chi connectivity index (χ0) is 16.5. The summed E-state index contributed by atoms with van der Waals surface area (Å²) in [5, 5.41) is 9.89. The van der Waals surface area contributed by atoms with Crippen LogP contribution in [0.25, 0.3) is 0 Å². The molecule has 3 fully saturated rings. The first-order valence-electron chi connectivity index (χ1n) is 9.41. The Bertz CT molecular complexity index is 545. The number of hydrogen-bond acceptors (Lipinski definition) is 6. The summed E-state index contributed by atoms with van der Waals surface area (Å²) in [5.74, 6) is 0.884. The van der Waals surface area contributed by atoms with Gasteiger partial charge in [-0.2, -0.15) is 0 Å². The second-order valence-electron chi connectivity index (χ2n) is 7.71. The molecule has 1 aromatic heterocycles. The largest absolute Gasteiger partial charge is 0.392 e. The minimum Gasteiger partial charge on any atom is -0.392 e. The molecule has 6 nitrogen and oxygen atoms in total. The van der Waals surface area contributed by atoms with E-state index < -0.39 is 0 Å². The molecule has 0 aromatic carbocycles. The Balaban J connectivity index is 1.38. The first-order valence-corrected chi connectivity index (χ1v) is 9.41. The molecule has 132 valence electrons. The van der Waals surface area contributed by atoms with Crippen molar-refractivity contribution in [1.82, 2.24) is 19.8 Å². The summed E-state index contributed by atoms with van der Waals surface area (Å²) in [7, 11) is 0. The lowest BCUT2D eigenvalue weighted by Crippen LogP contribution is -2.54. The van der Waals surface area contributed by atoms with Gasteiger partial charge in [0.15, 0.2) is 0 Å². The van der Waals surface area contributed by atoms with Gasteiger partial charge in [0.25, 0.3) is 0 Å². The Morgan fingerprint density at radius 3 is 2.58 bits per heavy atom. The highest BCUT2D eigenvalue weighted by atomic mass is 16.3. The molecule has 4 heterocycles. The van der Waals surface area contributed by atoms with Crippen LogP contribution in [0.15, 0.2) is 12.4 Å². The Morgan fingerprint density at radius 1 is 1.08 bits per heavy atom. The third-order valence-electron chi connectivity index (χ3n) is 5.79. The summed E-state index contributed by atoms with van der Waals surface area (Å²) in [6, 6.07) is 1.01. The Kier molecular flexibility index (Phi) is 4.70. The van der Waals surface area contributed by atoms with Crippen LogP contribution < -0.4 is 4.90 Å². The van der Waals surface area contributed by atoms with E-state index in [4.69, 9.17) is 0 Å². The van der Waals surface area contributed by atoms with Gasteiger partial charge >= 0.3 is 0 Å². The van der Waals surface area contributed by atoms with Gasteiger partial charge in [-0.1, -0.05) is 0 Å². The fourth-order valence-corrected chi connectivity index (χ4v) is 4.42. The van der Waals surface area contributed by atoms with Gasteiger partial charge in [0.2, 0.25) is 5.95 Å². The van der Waals surface area contributed by atoms with E-state index in [0.717, 1.165) is 51.6 Å². The Morgan fingerprint density at radius 2 is 1.83 bits per heavy atom. The van der Waals surface area contributed by atoms with E-state index in [1.165, 1.54) is 24.8 Å². The zero-order valence-electron chi connectivity index (χ0n) is 14.6. The van der Waals surface area contributed by atoms with Crippen molar-refractivity contribution in [3.63, 3.8) is 0 Å². The van der Waals surface area contributed by atoms with E-state index in [-0.39, 0.29) is 6.10 Å². The molecule has 3 aliphatic rings. The summed E-state index contributed by atoms with van der Waals surface area (Å²) >= 11 is 0. The molecule has 0 spiro atoms. The van der Waals surface area contributed by atoms with E-state index in [1.54, 1.807) is 0 Å². The van der Waals surface area contributed by atoms with Crippen LogP contribution in [0.3, 0.4) is 0 Å². The third kappa shape index (κ3) is 3.41. The minimum absolute atomic E-state index is 0.144. The van der Waals surface area contributed by atoms with Gasteiger partial charge in [-0.15, -0.1) is 0 Å². The quantitative estimate of drug-likeness (QED) is 0.895. The molecule has 0 radical (unpaired) electrons. The van der Waals surface area contributed by atoms with Crippen LogP contribution in [-0.4, -0.2) is 75.8 Å². The van der Waals surface area contributed by atoms with Gasteiger partial charge in [0.05, 0.1) is 6.10 Å². The molecule has 0 aliphatic carbocycles. The topological polar surface area (TPSA) is 55.7 Å². The lowest BCUT2D eigenvalue weighted by Gasteiger charge is -2.42. The van der Waals surface area contributed by atoms with Crippen molar-refractivity contribution in [2.24, 2.45) is 0 Å². The molecule has 0 bridgehead atoms. The van der Waals surface area contributed by atoms with Crippen LogP contribution in [0.4, 0.5) is 5.95 Å². The van der Waals surface area contributed by atoms with Gasteiger partial charge in [-0.25, -0.2) is 9.97 Å². The Hall–Kier alpha value is -1.24. The Labute approximate surface area is 144 Å². The number of anilines is 1. The molecule has 1 N–H and O–H groups in total. The number of piperidine rings is 1. The fraction of sp³-hybridized carbons (Fsp3) is 0.778. The molecule has 3 atom stereocenters. The summed E-state index contributed by atoms with van der Waals surface area (Å²) < 4.78 is 0. The van der Waals surface area contributed by atoms with E-state index in [0.29, 0.717) is 12.1 Å². The van der Waals surface area contributed by atoms with E-state index >= 15 is 0 Å². The SMILES string of the molecule is C[C@H]1CN2C[C@H](O)C[C@@H]2CN1Cc1cnc(N2CCCCC2)nc1. The third-order valence-corrected chi connectivity index (χ3v) is 5.79. The van der Waals surface area contributed by atoms with Crippen molar-refractivity contribution in [3.8, 4) is 0 Å². The zero-order valence-corrected chi connectivity index (χ0v) is 14.6. The van der Waals surface area contributed by atoms with E-state index in [2.05, 4.69) is 31.6 Å². The highest BCUT2D eigenvalue weighted by Crippen LogP contribution is 2.26. The van der Waals surface area contributed by atoms with Crippen LogP contribution in [-0.2, 0) is 6.54 Å². The molecule has 3 aliphatic heterocycles. The average molecular weight is 331 g/mol. The molecule has 1 aromatic rings.